The third kappa shape index (κ3) is 1.02. The number of hydrogen-bond acceptors (Lipinski definition) is 2. The summed E-state index contributed by atoms with van der Waals surface area (Å²) in [5.74, 6) is -0.331. The van der Waals surface area contributed by atoms with Gasteiger partial charge in [0.1, 0.15) is 16.9 Å². The minimum Gasteiger partial charge on any atom is -0.338 e. The quantitative estimate of drug-likeness (QED) is 0.621. The SMILES string of the molecule is Cn1c2ccc(F)cc2c2nc[nH]c(=O)c21. The molecule has 0 saturated carbocycles. The van der Waals surface area contributed by atoms with Crippen LogP contribution in [0.3, 0.4) is 0 Å². The van der Waals surface area contributed by atoms with Crippen molar-refractivity contribution in [1.82, 2.24) is 14.5 Å². The van der Waals surface area contributed by atoms with Crippen LogP contribution in [0.1, 0.15) is 0 Å². The molecule has 0 aliphatic rings. The first-order chi connectivity index (χ1) is 7.68. The molecule has 2 heterocycles. The number of nitrogens with zero attached hydrogens (tertiary/aromatic N) is 2. The Kier molecular flexibility index (Phi) is 1.65. The molecule has 16 heavy (non-hydrogen) atoms. The van der Waals surface area contributed by atoms with Gasteiger partial charge in [-0.25, -0.2) is 9.37 Å². The lowest BCUT2D eigenvalue weighted by atomic mass is 10.2. The highest BCUT2D eigenvalue weighted by molar-refractivity contribution is 6.05. The van der Waals surface area contributed by atoms with Crippen molar-refractivity contribution in [3.63, 3.8) is 0 Å². The Morgan fingerprint density at radius 2 is 2.25 bits per heavy atom. The smallest absolute Gasteiger partial charge is 0.275 e. The molecule has 5 heteroatoms. The number of aryl methyl sites for hydroxylation is 1. The van der Waals surface area contributed by atoms with Crippen LogP contribution >= 0.6 is 0 Å². The van der Waals surface area contributed by atoms with Gasteiger partial charge in [0, 0.05) is 12.4 Å². The fraction of sp³-hybridized carbons (Fsp3) is 0.0909. The van der Waals surface area contributed by atoms with E-state index in [1.807, 2.05) is 0 Å². The summed E-state index contributed by atoms with van der Waals surface area (Å²) in [4.78, 5) is 18.2. The Morgan fingerprint density at radius 3 is 3.06 bits per heavy atom. The minimum absolute atomic E-state index is 0.218. The van der Waals surface area contributed by atoms with E-state index in [1.165, 1.54) is 18.5 Å². The summed E-state index contributed by atoms with van der Waals surface area (Å²) in [6.45, 7) is 0. The molecule has 0 bridgehead atoms. The van der Waals surface area contributed by atoms with Gasteiger partial charge in [-0.05, 0) is 18.2 Å². The fourth-order valence-corrected chi connectivity index (χ4v) is 2.01. The standard InChI is InChI=1S/C11H8FN3O/c1-15-8-3-2-6(12)4-7(8)9-10(15)11(16)14-5-13-9/h2-5H,1H3,(H,13,14,16). The van der Waals surface area contributed by atoms with E-state index in [2.05, 4.69) is 9.97 Å². The van der Waals surface area contributed by atoms with E-state index in [0.717, 1.165) is 5.52 Å². The molecular weight excluding hydrogens is 209 g/mol. The van der Waals surface area contributed by atoms with Gasteiger partial charge in [0.15, 0.2) is 0 Å². The number of nitrogens with one attached hydrogen (secondary N) is 1. The van der Waals surface area contributed by atoms with Crippen molar-refractivity contribution in [2.45, 2.75) is 0 Å². The van der Waals surface area contributed by atoms with E-state index in [4.69, 9.17) is 0 Å². The first-order valence-electron chi connectivity index (χ1n) is 4.80. The Morgan fingerprint density at radius 1 is 1.44 bits per heavy atom. The summed E-state index contributed by atoms with van der Waals surface area (Å²) >= 11 is 0. The highest BCUT2D eigenvalue weighted by atomic mass is 19.1. The highest BCUT2D eigenvalue weighted by Gasteiger charge is 2.12. The monoisotopic (exact) mass is 217 g/mol. The van der Waals surface area contributed by atoms with Gasteiger partial charge in [-0.3, -0.25) is 4.79 Å². The fourth-order valence-electron chi connectivity index (χ4n) is 2.01. The van der Waals surface area contributed by atoms with E-state index in [1.54, 1.807) is 17.7 Å². The molecule has 0 spiro atoms. The zero-order valence-corrected chi connectivity index (χ0v) is 8.49. The molecule has 3 aromatic rings. The van der Waals surface area contributed by atoms with Crippen LogP contribution in [0.15, 0.2) is 29.3 Å². The number of aromatic nitrogens is 3. The minimum atomic E-state index is -0.331. The molecule has 3 rings (SSSR count). The molecule has 0 saturated heterocycles. The first-order valence-corrected chi connectivity index (χ1v) is 4.80. The van der Waals surface area contributed by atoms with Crippen molar-refractivity contribution in [3.8, 4) is 0 Å². The van der Waals surface area contributed by atoms with Crippen LogP contribution in [0, 0.1) is 5.82 Å². The van der Waals surface area contributed by atoms with Crippen molar-refractivity contribution in [2.24, 2.45) is 7.05 Å². The molecule has 0 fully saturated rings. The van der Waals surface area contributed by atoms with E-state index in [9.17, 15) is 9.18 Å². The summed E-state index contributed by atoms with van der Waals surface area (Å²) in [7, 11) is 1.76. The van der Waals surface area contributed by atoms with Crippen LogP contribution < -0.4 is 5.56 Å². The summed E-state index contributed by atoms with van der Waals surface area (Å²) < 4.78 is 14.9. The van der Waals surface area contributed by atoms with Crippen LogP contribution in [0.25, 0.3) is 21.9 Å². The summed E-state index contributed by atoms with van der Waals surface area (Å²) in [5.41, 5.74) is 1.56. The van der Waals surface area contributed by atoms with Gasteiger partial charge in [-0.15, -0.1) is 0 Å². The maximum atomic E-state index is 13.2. The molecule has 80 valence electrons. The van der Waals surface area contributed by atoms with E-state index in [-0.39, 0.29) is 11.4 Å². The number of halogens is 1. The van der Waals surface area contributed by atoms with Gasteiger partial charge < -0.3 is 9.55 Å². The number of H-pyrrole nitrogens is 1. The molecule has 0 atom stereocenters. The molecule has 1 N–H and O–H groups in total. The third-order valence-corrected chi connectivity index (χ3v) is 2.74. The number of hydrogen-bond donors (Lipinski definition) is 1. The van der Waals surface area contributed by atoms with Gasteiger partial charge >= 0.3 is 0 Å². The number of benzene rings is 1. The molecule has 1 aromatic carbocycles. The zero-order chi connectivity index (χ0) is 11.3. The summed E-state index contributed by atoms with van der Waals surface area (Å²) in [6, 6.07) is 4.41. The van der Waals surface area contributed by atoms with Gasteiger partial charge in [0.25, 0.3) is 5.56 Å². The summed E-state index contributed by atoms with van der Waals surface area (Å²) in [6.07, 6.45) is 1.33. The molecule has 0 aliphatic heterocycles. The zero-order valence-electron chi connectivity index (χ0n) is 8.49. The van der Waals surface area contributed by atoms with Crippen LogP contribution in [0.2, 0.25) is 0 Å². The molecule has 0 aliphatic carbocycles. The number of rotatable bonds is 0. The molecule has 0 amide bonds. The van der Waals surface area contributed by atoms with Crippen LogP contribution in [-0.4, -0.2) is 14.5 Å². The first kappa shape index (κ1) is 9.08. The number of aromatic amines is 1. The second kappa shape index (κ2) is 2.91. The van der Waals surface area contributed by atoms with Crippen molar-refractivity contribution >= 4 is 21.9 Å². The topological polar surface area (TPSA) is 50.7 Å². The second-order valence-corrected chi connectivity index (χ2v) is 3.65. The van der Waals surface area contributed by atoms with Gasteiger partial charge in [-0.1, -0.05) is 0 Å². The Hall–Kier alpha value is -2.17. The lowest BCUT2D eigenvalue weighted by Gasteiger charge is -1.95. The largest absolute Gasteiger partial charge is 0.338 e. The molecular formula is C11H8FN3O. The van der Waals surface area contributed by atoms with E-state index >= 15 is 0 Å². The maximum absolute atomic E-state index is 13.2. The van der Waals surface area contributed by atoms with Crippen LogP contribution in [0.5, 0.6) is 0 Å². The van der Waals surface area contributed by atoms with Crippen molar-refractivity contribution in [3.05, 3.63) is 40.7 Å². The Balaban J connectivity index is 2.71. The maximum Gasteiger partial charge on any atom is 0.275 e. The normalized spacial score (nSPS) is 11.4. The second-order valence-electron chi connectivity index (χ2n) is 3.65. The van der Waals surface area contributed by atoms with Crippen LogP contribution in [-0.2, 0) is 7.05 Å². The molecule has 2 aromatic heterocycles. The Bertz CT molecular complexity index is 757. The Labute approximate surface area is 89.3 Å². The van der Waals surface area contributed by atoms with Crippen molar-refractivity contribution < 1.29 is 4.39 Å². The highest BCUT2D eigenvalue weighted by Crippen LogP contribution is 2.24. The lowest BCUT2D eigenvalue weighted by Crippen LogP contribution is -2.09. The average molecular weight is 217 g/mol. The predicted octanol–water partition coefficient (Wildman–Crippen LogP) is 1.55. The summed E-state index contributed by atoms with van der Waals surface area (Å²) in [5, 5.41) is 0.656. The molecule has 0 unspecified atom stereocenters. The van der Waals surface area contributed by atoms with Crippen molar-refractivity contribution in [1.29, 1.82) is 0 Å². The molecule has 4 nitrogen and oxygen atoms in total. The third-order valence-electron chi connectivity index (χ3n) is 2.74. The van der Waals surface area contributed by atoms with Crippen LogP contribution in [0.4, 0.5) is 4.39 Å². The van der Waals surface area contributed by atoms with E-state index in [0.29, 0.717) is 16.4 Å². The van der Waals surface area contributed by atoms with Gasteiger partial charge in [0.2, 0.25) is 0 Å². The number of fused-ring (bicyclic) bond motifs is 3. The van der Waals surface area contributed by atoms with Gasteiger partial charge in [-0.2, -0.15) is 0 Å². The predicted molar refractivity (Wildman–Crippen MR) is 58.8 cm³/mol. The lowest BCUT2D eigenvalue weighted by molar-refractivity contribution is 0.629. The van der Waals surface area contributed by atoms with Crippen molar-refractivity contribution in [2.75, 3.05) is 0 Å². The van der Waals surface area contributed by atoms with E-state index < -0.39 is 0 Å². The average Bonchev–Trinajstić information content (AvgIpc) is 2.54. The van der Waals surface area contributed by atoms with Gasteiger partial charge in [0.05, 0.1) is 11.8 Å². The molecule has 0 radical (unpaired) electrons.